The van der Waals surface area contributed by atoms with E-state index >= 15 is 0 Å². The van der Waals surface area contributed by atoms with Gasteiger partial charge >= 0.3 is 6.09 Å². The van der Waals surface area contributed by atoms with Crippen LogP contribution in [0.2, 0.25) is 0 Å². The molecule has 6 rings (SSSR count). The lowest BCUT2D eigenvalue weighted by molar-refractivity contribution is 0.0214. The monoisotopic (exact) mass is 486 g/mol. The quantitative estimate of drug-likeness (QED) is 0.369. The van der Waals surface area contributed by atoms with E-state index in [4.69, 9.17) is 9.26 Å². The molecule has 1 saturated carbocycles. The summed E-state index contributed by atoms with van der Waals surface area (Å²) in [6.45, 7) is 6.46. The molecule has 9 heteroatoms. The van der Waals surface area contributed by atoms with Crippen molar-refractivity contribution in [1.82, 2.24) is 29.8 Å². The SMILES string of the molecule is CC(C)(C)OC(=O)N1Cc2ccccc2-n2c(nnc2C2CCC(c3noc4ncccc34)CC2)C1. The van der Waals surface area contributed by atoms with E-state index in [0.29, 0.717) is 24.7 Å². The minimum atomic E-state index is -0.564. The number of amides is 1. The van der Waals surface area contributed by atoms with Gasteiger partial charge in [-0.25, -0.2) is 9.78 Å². The first-order valence-electron chi connectivity index (χ1n) is 12.6. The summed E-state index contributed by atoms with van der Waals surface area (Å²) in [5, 5.41) is 14.6. The number of aromatic nitrogens is 5. The molecule has 1 aliphatic carbocycles. The fourth-order valence-corrected chi connectivity index (χ4v) is 5.43. The van der Waals surface area contributed by atoms with Crippen LogP contribution in [0.15, 0.2) is 47.1 Å². The number of ether oxygens (including phenoxy) is 1. The van der Waals surface area contributed by atoms with Crippen molar-refractivity contribution in [2.45, 2.75) is 77.0 Å². The molecule has 0 unspecified atom stereocenters. The van der Waals surface area contributed by atoms with Crippen molar-refractivity contribution in [3.63, 3.8) is 0 Å². The Balaban J connectivity index is 1.27. The summed E-state index contributed by atoms with van der Waals surface area (Å²) in [7, 11) is 0. The molecule has 0 atom stereocenters. The highest BCUT2D eigenvalue weighted by Crippen LogP contribution is 2.42. The van der Waals surface area contributed by atoms with Crippen molar-refractivity contribution in [2.75, 3.05) is 0 Å². The van der Waals surface area contributed by atoms with E-state index in [1.807, 2.05) is 45.0 Å². The molecule has 9 nitrogen and oxygen atoms in total. The predicted molar refractivity (Wildman–Crippen MR) is 133 cm³/mol. The number of nitrogens with zero attached hydrogens (tertiary/aromatic N) is 6. The standard InChI is InChI=1S/C27H30N6O3/c1-27(2,3)35-26(34)32-15-19-7-4-5-9-21(19)33-22(16-32)29-30-24(33)18-12-10-17(11-13-18)23-20-8-6-14-28-25(20)36-31-23/h4-9,14,17-18H,10-13,15-16H2,1-3H3. The lowest BCUT2D eigenvalue weighted by Crippen LogP contribution is -2.35. The molecule has 0 N–H and O–H groups in total. The third-order valence-electron chi connectivity index (χ3n) is 7.09. The van der Waals surface area contributed by atoms with Gasteiger partial charge in [-0.05, 0) is 70.2 Å². The fourth-order valence-electron chi connectivity index (χ4n) is 5.43. The van der Waals surface area contributed by atoms with Crippen LogP contribution in [-0.2, 0) is 17.8 Å². The van der Waals surface area contributed by atoms with E-state index in [0.717, 1.165) is 59.7 Å². The largest absolute Gasteiger partial charge is 0.444 e. The number of carbonyl (C=O) groups excluding carboxylic acids is 1. The van der Waals surface area contributed by atoms with Gasteiger partial charge < -0.3 is 9.26 Å². The van der Waals surface area contributed by atoms with Crippen molar-refractivity contribution < 1.29 is 14.1 Å². The van der Waals surface area contributed by atoms with Crippen LogP contribution in [0, 0.1) is 0 Å². The van der Waals surface area contributed by atoms with Gasteiger partial charge in [0.05, 0.1) is 29.9 Å². The maximum Gasteiger partial charge on any atom is 0.411 e. The van der Waals surface area contributed by atoms with Crippen LogP contribution in [-0.4, -0.2) is 41.5 Å². The Hall–Kier alpha value is -3.75. The molecule has 4 heterocycles. The molecule has 0 bridgehead atoms. The molecule has 1 amide bonds. The zero-order valence-electron chi connectivity index (χ0n) is 20.8. The summed E-state index contributed by atoms with van der Waals surface area (Å²) in [6.07, 6.45) is 5.34. The third kappa shape index (κ3) is 4.12. The Morgan fingerprint density at radius 2 is 1.78 bits per heavy atom. The van der Waals surface area contributed by atoms with Gasteiger partial charge in [-0.1, -0.05) is 23.4 Å². The normalized spacial score (nSPS) is 20.0. The molecular weight excluding hydrogens is 456 g/mol. The first kappa shape index (κ1) is 22.7. The number of hydrogen-bond acceptors (Lipinski definition) is 7. The van der Waals surface area contributed by atoms with Crippen LogP contribution in [0.4, 0.5) is 4.79 Å². The number of pyridine rings is 1. The summed E-state index contributed by atoms with van der Waals surface area (Å²) in [5.74, 6) is 2.35. The number of carbonyl (C=O) groups is 1. The van der Waals surface area contributed by atoms with Crippen LogP contribution in [0.5, 0.6) is 0 Å². The molecule has 1 aliphatic heterocycles. The lowest BCUT2D eigenvalue weighted by Gasteiger charge is -2.27. The zero-order chi connectivity index (χ0) is 24.9. The number of fused-ring (bicyclic) bond motifs is 4. The summed E-state index contributed by atoms with van der Waals surface area (Å²) in [4.78, 5) is 19.0. The summed E-state index contributed by atoms with van der Waals surface area (Å²) >= 11 is 0. The molecule has 36 heavy (non-hydrogen) atoms. The Kier molecular flexibility index (Phi) is 5.50. The fraction of sp³-hybridized carbons (Fsp3) is 0.444. The van der Waals surface area contributed by atoms with E-state index in [1.54, 1.807) is 11.1 Å². The maximum atomic E-state index is 13.0. The van der Waals surface area contributed by atoms with Crippen LogP contribution in [0.1, 0.15) is 81.2 Å². The maximum absolute atomic E-state index is 13.0. The van der Waals surface area contributed by atoms with Crippen molar-refractivity contribution in [1.29, 1.82) is 0 Å². The van der Waals surface area contributed by atoms with E-state index in [9.17, 15) is 4.79 Å². The molecule has 1 aromatic carbocycles. The smallest absolute Gasteiger partial charge is 0.411 e. The molecule has 3 aromatic heterocycles. The van der Waals surface area contributed by atoms with Gasteiger partial charge in [-0.2, -0.15) is 0 Å². The van der Waals surface area contributed by atoms with Gasteiger partial charge in [0, 0.05) is 18.0 Å². The summed E-state index contributed by atoms with van der Waals surface area (Å²) in [5.41, 5.74) is 3.14. The molecule has 4 aromatic rings. The Bertz CT molecular complexity index is 1410. The predicted octanol–water partition coefficient (Wildman–Crippen LogP) is 5.50. The van der Waals surface area contributed by atoms with Crippen LogP contribution in [0.25, 0.3) is 16.8 Å². The van der Waals surface area contributed by atoms with Crippen molar-refractivity contribution >= 4 is 17.2 Å². The average Bonchev–Trinajstić information content (AvgIpc) is 3.43. The number of hydrogen-bond donors (Lipinski definition) is 0. The van der Waals surface area contributed by atoms with E-state index in [-0.39, 0.29) is 12.0 Å². The molecule has 2 aliphatic rings. The first-order valence-corrected chi connectivity index (χ1v) is 12.6. The second kappa shape index (κ2) is 8.72. The van der Waals surface area contributed by atoms with E-state index < -0.39 is 5.60 Å². The lowest BCUT2D eigenvalue weighted by atomic mass is 9.79. The molecule has 186 valence electrons. The molecule has 0 saturated heterocycles. The van der Waals surface area contributed by atoms with Crippen molar-refractivity contribution in [3.05, 3.63) is 65.5 Å². The molecule has 0 spiro atoms. The number of benzene rings is 1. The van der Waals surface area contributed by atoms with Crippen molar-refractivity contribution in [2.24, 2.45) is 0 Å². The third-order valence-corrected chi connectivity index (χ3v) is 7.09. The topological polar surface area (TPSA) is 99.2 Å². The van der Waals surface area contributed by atoms with Crippen LogP contribution in [0.3, 0.4) is 0 Å². The van der Waals surface area contributed by atoms with Gasteiger partial charge in [-0.3, -0.25) is 9.47 Å². The highest BCUT2D eigenvalue weighted by Gasteiger charge is 2.34. The molecule has 1 fully saturated rings. The Morgan fingerprint density at radius 1 is 1.00 bits per heavy atom. The highest BCUT2D eigenvalue weighted by molar-refractivity contribution is 5.76. The van der Waals surface area contributed by atoms with Gasteiger partial charge in [0.1, 0.15) is 11.4 Å². The van der Waals surface area contributed by atoms with Crippen LogP contribution >= 0.6 is 0 Å². The minimum absolute atomic E-state index is 0.278. The second-order valence-corrected chi connectivity index (χ2v) is 10.7. The minimum Gasteiger partial charge on any atom is -0.444 e. The van der Waals surface area contributed by atoms with Gasteiger partial charge in [0.25, 0.3) is 5.71 Å². The second-order valence-electron chi connectivity index (χ2n) is 10.7. The Morgan fingerprint density at radius 3 is 2.58 bits per heavy atom. The highest BCUT2D eigenvalue weighted by atomic mass is 16.6. The van der Waals surface area contributed by atoms with Crippen LogP contribution < -0.4 is 0 Å². The molecule has 0 radical (unpaired) electrons. The summed E-state index contributed by atoms with van der Waals surface area (Å²) < 4.78 is 13.3. The Labute approximate surface area is 209 Å². The van der Waals surface area contributed by atoms with Gasteiger partial charge in [0.15, 0.2) is 5.82 Å². The average molecular weight is 487 g/mol. The number of para-hydroxylation sites is 1. The zero-order valence-corrected chi connectivity index (χ0v) is 20.8. The van der Waals surface area contributed by atoms with E-state index in [2.05, 4.69) is 37.0 Å². The van der Waals surface area contributed by atoms with Crippen molar-refractivity contribution in [3.8, 4) is 5.69 Å². The van der Waals surface area contributed by atoms with E-state index in [1.165, 1.54) is 0 Å². The molecular formula is C27H30N6O3. The van der Waals surface area contributed by atoms with Gasteiger partial charge in [-0.15, -0.1) is 10.2 Å². The summed E-state index contributed by atoms with van der Waals surface area (Å²) in [6, 6.07) is 12.1. The first-order chi connectivity index (χ1) is 17.4. The number of rotatable bonds is 2. The van der Waals surface area contributed by atoms with Gasteiger partial charge in [0.2, 0.25) is 0 Å².